The number of fused-ring (bicyclic) bond motifs is 2. The number of hydrogen-bond acceptors (Lipinski definition) is 1. The van der Waals surface area contributed by atoms with Crippen molar-refractivity contribution in [1.82, 2.24) is 0 Å². The lowest BCUT2D eigenvalue weighted by Crippen LogP contribution is -2.06. The number of nitrogens with one attached hydrogen (secondary N) is 1. The highest BCUT2D eigenvalue weighted by molar-refractivity contribution is 6.31. The quantitative estimate of drug-likeness (QED) is 0.533. The van der Waals surface area contributed by atoms with Gasteiger partial charge in [-0.25, -0.2) is 0 Å². The molecule has 0 amide bonds. The Kier molecular flexibility index (Phi) is 4.45. The smallest absolute Gasteiger partial charge is 0.0447 e. The molecular formula is C22H19Cl2N. The number of rotatable bonds is 2. The molecule has 25 heavy (non-hydrogen) atoms. The monoisotopic (exact) mass is 367 g/mol. The summed E-state index contributed by atoms with van der Waals surface area (Å²) in [7, 11) is 0. The Morgan fingerprint density at radius 2 is 1.76 bits per heavy atom. The van der Waals surface area contributed by atoms with Crippen LogP contribution in [0.15, 0.2) is 60.7 Å². The lowest BCUT2D eigenvalue weighted by Gasteiger charge is -2.22. The second kappa shape index (κ2) is 6.74. The van der Waals surface area contributed by atoms with Gasteiger partial charge < -0.3 is 5.32 Å². The molecule has 1 nitrogen and oxygen atoms in total. The first-order valence-electron chi connectivity index (χ1n) is 8.57. The minimum Gasteiger partial charge on any atom is -0.381 e. The molecule has 126 valence electrons. The van der Waals surface area contributed by atoms with E-state index in [9.17, 15) is 0 Å². The summed E-state index contributed by atoms with van der Waals surface area (Å²) in [6.07, 6.45) is 1.03. The maximum atomic E-state index is 6.59. The van der Waals surface area contributed by atoms with E-state index in [1.165, 1.54) is 22.3 Å². The van der Waals surface area contributed by atoms with E-state index in [2.05, 4.69) is 48.6 Å². The summed E-state index contributed by atoms with van der Waals surface area (Å²) in [5, 5.41) is 5.10. The third-order valence-electron chi connectivity index (χ3n) is 4.94. The Morgan fingerprint density at radius 1 is 0.920 bits per heavy atom. The Morgan fingerprint density at radius 3 is 2.56 bits per heavy atom. The fraction of sp³-hybridized carbons (Fsp3) is 0.182. The molecule has 0 aromatic heterocycles. The van der Waals surface area contributed by atoms with Gasteiger partial charge in [-0.2, -0.15) is 0 Å². The molecule has 1 atom stereocenters. The van der Waals surface area contributed by atoms with E-state index in [1.54, 1.807) is 0 Å². The fourth-order valence-electron chi connectivity index (χ4n) is 3.65. The molecule has 0 bridgehead atoms. The maximum absolute atomic E-state index is 6.59. The molecule has 0 saturated carbocycles. The van der Waals surface area contributed by atoms with Crippen molar-refractivity contribution in [3.05, 3.63) is 98.5 Å². The molecule has 1 N–H and O–H groups in total. The summed E-state index contributed by atoms with van der Waals surface area (Å²) in [4.78, 5) is 0. The fourth-order valence-corrected chi connectivity index (χ4v) is 4.07. The molecular weight excluding hydrogens is 349 g/mol. The van der Waals surface area contributed by atoms with Crippen LogP contribution in [0.25, 0.3) is 0 Å². The van der Waals surface area contributed by atoms with Crippen molar-refractivity contribution in [3.8, 4) is 0 Å². The van der Waals surface area contributed by atoms with Gasteiger partial charge in [0.15, 0.2) is 0 Å². The molecule has 3 heteroatoms. The topological polar surface area (TPSA) is 12.0 Å². The minimum absolute atomic E-state index is 0.0679. The molecule has 4 rings (SSSR count). The van der Waals surface area contributed by atoms with Crippen molar-refractivity contribution in [2.24, 2.45) is 0 Å². The predicted molar refractivity (Wildman–Crippen MR) is 107 cm³/mol. The van der Waals surface area contributed by atoms with Crippen LogP contribution in [0.4, 0.5) is 5.69 Å². The van der Waals surface area contributed by atoms with Crippen molar-refractivity contribution in [3.63, 3.8) is 0 Å². The first kappa shape index (κ1) is 16.5. The molecule has 1 aliphatic rings. The van der Waals surface area contributed by atoms with Gasteiger partial charge in [-0.1, -0.05) is 66.5 Å². The highest BCUT2D eigenvalue weighted by Crippen LogP contribution is 2.43. The van der Waals surface area contributed by atoms with Crippen molar-refractivity contribution in [2.75, 3.05) is 5.32 Å². The highest BCUT2D eigenvalue weighted by atomic mass is 35.5. The van der Waals surface area contributed by atoms with Crippen LogP contribution in [0, 0.1) is 0 Å². The third kappa shape index (κ3) is 3.03. The first-order valence-corrected chi connectivity index (χ1v) is 9.32. The summed E-state index contributed by atoms with van der Waals surface area (Å²) >= 11 is 12.9. The van der Waals surface area contributed by atoms with Crippen LogP contribution < -0.4 is 5.32 Å². The van der Waals surface area contributed by atoms with Gasteiger partial charge in [0.05, 0.1) is 0 Å². The van der Waals surface area contributed by atoms with E-state index in [0.29, 0.717) is 0 Å². The van der Waals surface area contributed by atoms with Gasteiger partial charge in [0.25, 0.3) is 0 Å². The lowest BCUT2D eigenvalue weighted by molar-refractivity contribution is 0.964. The number of anilines is 1. The Balaban J connectivity index is 2.00. The minimum atomic E-state index is 0.0679. The average Bonchev–Trinajstić information content (AvgIpc) is 2.78. The van der Waals surface area contributed by atoms with E-state index in [1.807, 2.05) is 24.3 Å². The number of benzene rings is 3. The molecule has 0 fully saturated rings. The van der Waals surface area contributed by atoms with Crippen molar-refractivity contribution >= 4 is 28.9 Å². The van der Waals surface area contributed by atoms with Crippen LogP contribution in [0.1, 0.15) is 40.7 Å². The molecule has 0 saturated heterocycles. The maximum Gasteiger partial charge on any atom is 0.0447 e. The third-order valence-corrected chi connectivity index (χ3v) is 5.52. The highest BCUT2D eigenvalue weighted by Gasteiger charge is 2.27. The normalized spacial score (nSPS) is 15.7. The Bertz CT molecular complexity index is 933. The van der Waals surface area contributed by atoms with Gasteiger partial charge in [-0.05, 0) is 58.5 Å². The van der Waals surface area contributed by atoms with Gasteiger partial charge in [-0.15, -0.1) is 0 Å². The Hall–Kier alpha value is -1.96. The van der Waals surface area contributed by atoms with E-state index in [-0.39, 0.29) is 5.92 Å². The predicted octanol–water partition coefficient (Wildman–Crippen LogP) is 6.66. The van der Waals surface area contributed by atoms with Crippen LogP contribution in [-0.4, -0.2) is 0 Å². The zero-order valence-corrected chi connectivity index (χ0v) is 15.5. The molecule has 0 spiro atoms. The standard InChI is InChI=1S/C22H19Cl2N/c1-2-14-7-9-17-15(11-14)13-25-21-10-8-16(23)12-19(21)22(17)18-5-3-4-6-20(18)24/h3-12,22,25H,2,13H2,1H3. The van der Waals surface area contributed by atoms with Crippen LogP contribution in [0.2, 0.25) is 10.0 Å². The second-order valence-corrected chi connectivity index (χ2v) is 7.27. The summed E-state index contributed by atoms with van der Waals surface area (Å²) in [5.41, 5.74) is 7.35. The molecule has 1 heterocycles. The van der Waals surface area contributed by atoms with Gasteiger partial charge in [0, 0.05) is 28.2 Å². The summed E-state index contributed by atoms with van der Waals surface area (Å²) in [6, 6.07) is 20.9. The van der Waals surface area contributed by atoms with Gasteiger partial charge in [-0.3, -0.25) is 0 Å². The summed E-state index contributed by atoms with van der Waals surface area (Å²) in [5.74, 6) is 0.0679. The van der Waals surface area contributed by atoms with E-state index in [0.717, 1.165) is 34.3 Å². The van der Waals surface area contributed by atoms with E-state index >= 15 is 0 Å². The van der Waals surface area contributed by atoms with Crippen LogP contribution in [0.3, 0.4) is 0 Å². The summed E-state index contributed by atoms with van der Waals surface area (Å²) < 4.78 is 0. The largest absolute Gasteiger partial charge is 0.381 e. The van der Waals surface area contributed by atoms with Crippen molar-refractivity contribution < 1.29 is 0 Å². The lowest BCUT2D eigenvalue weighted by atomic mass is 9.82. The van der Waals surface area contributed by atoms with E-state index in [4.69, 9.17) is 23.2 Å². The van der Waals surface area contributed by atoms with Crippen LogP contribution >= 0.6 is 23.2 Å². The number of halogens is 2. The summed E-state index contributed by atoms with van der Waals surface area (Å²) in [6.45, 7) is 2.99. The van der Waals surface area contributed by atoms with Crippen molar-refractivity contribution in [2.45, 2.75) is 25.8 Å². The molecule has 0 aliphatic carbocycles. The molecule has 0 radical (unpaired) electrons. The van der Waals surface area contributed by atoms with Crippen molar-refractivity contribution in [1.29, 1.82) is 0 Å². The average molecular weight is 368 g/mol. The zero-order chi connectivity index (χ0) is 17.4. The second-order valence-electron chi connectivity index (χ2n) is 6.43. The first-order chi connectivity index (χ1) is 12.2. The molecule has 3 aromatic rings. The number of aryl methyl sites for hydroxylation is 1. The molecule has 1 unspecified atom stereocenters. The van der Waals surface area contributed by atoms with Crippen LogP contribution in [0.5, 0.6) is 0 Å². The SMILES string of the molecule is CCc1ccc2c(c1)CNc1ccc(Cl)cc1C2c1ccccc1Cl. The van der Waals surface area contributed by atoms with Gasteiger partial charge in [0.2, 0.25) is 0 Å². The zero-order valence-electron chi connectivity index (χ0n) is 14.0. The number of hydrogen-bond donors (Lipinski definition) is 1. The van der Waals surface area contributed by atoms with Gasteiger partial charge >= 0.3 is 0 Å². The van der Waals surface area contributed by atoms with Crippen LogP contribution in [-0.2, 0) is 13.0 Å². The van der Waals surface area contributed by atoms with E-state index < -0.39 is 0 Å². The molecule has 3 aromatic carbocycles. The van der Waals surface area contributed by atoms with Gasteiger partial charge in [0.1, 0.15) is 0 Å². The Labute approximate surface area is 158 Å². The molecule has 1 aliphatic heterocycles.